The van der Waals surface area contributed by atoms with E-state index in [1.165, 1.54) is 0 Å². The maximum absolute atomic E-state index is 8.92. The van der Waals surface area contributed by atoms with Crippen molar-refractivity contribution in [2.24, 2.45) is 0 Å². The van der Waals surface area contributed by atoms with Gasteiger partial charge in [0.15, 0.2) is 0 Å². The second-order valence-corrected chi connectivity index (χ2v) is 3.33. The van der Waals surface area contributed by atoms with Gasteiger partial charge in [-0.2, -0.15) is 0 Å². The largest absolute Gasteiger partial charge is 0.394 e. The van der Waals surface area contributed by atoms with E-state index in [0.29, 0.717) is 6.54 Å². The van der Waals surface area contributed by atoms with E-state index in [-0.39, 0.29) is 13.2 Å². The molecule has 0 rings (SSSR count). The van der Waals surface area contributed by atoms with Gasteiger partial charge in [0, 0.05) is 6.54 Å². The summed E-state index contributed by atoms with van der Waals surface area (Å²) in [5, 5.41) is 20.9. The van der Waals surface area contributed by atoms with Gasteiger partial charge in [0.25, 0.3) is 0 Å². The Balaban J connectivity index is 3.80. The van der Waals surface area contributed by atoms with Crippen LogP contribution in [0.5, 0.6) is 0 Å². The van der Waals surface area contributed by atoms with Crippen LogP contribution in [-0.4, -0.2) is 35.5 Å². The lowest BCUT2D eigenvalue weighted by atomic mass is 10.0. The predicted octanol–water partition coefficient (Wildman–Crippen LogP) is 0.285. The van der Waals surface area contributed by atoms with E-state index in [1.54, 1.807) is 6.92 Å². The molecule has 0 aromatic rings. The first-order chi connectivity index (χ1) is 5.58. The molecular formula is C9H19NO2. The van der Waals surface area contributed by atoms with Gasteiger partial charge in [-0.05, 0) is 13.3 Å². The van der Waals surface area contributed by atoms with Gasteiger partial charge in [0.2, 0.25) is 0 Å². The summed E-state index contributed by atoms with van der Waals surface area (Å²) in [5.74, 6) is 0. The van der Waals surface area contributed by atoms with Crippen molar-refractivity contribution in [3.63, 3.8) is 0 Å². The van der Waals surface area contributed by atoms with Crippen LogP contribution in [0.1, 0.15) is 20.3 Å². The van der Waals surface area contributed by atoms with Crippen LogP contribution < -0.4 is 5.32 Å². The third-order valence-corrected chi connectivity index (χ3v) is 1.96. The second-order valence-electron chi connectivity index (χ2n) is 3.33. The zero-order valence-corrected chi connectivity index (χ0v) is 7.93. The molecular weight excluding hydrogens is 154 g/mol. The number of hydrogen-bond acceptors (Lipinski definition) is 3. The van der Waals surface area contributed by atoms with Crippen molar-refractivity contribution in [1.82, 2.24) is 5.32 Å². The Hall–Kier alpha value is -0.380. The van der Waals surface area contributed by atoms with Gasteiger partial charge >= 0.3 is 0 Å². The zero-order chi connectivity index (χ0) is 9.61. The smallest absolute Gasteiger partial charge is 0.0633 e. The maximum Gasteiger partial charge on any atom is 0.0633 e. The molecule has 3 heteroatoms. The molecule has 0 aliphatic carbocycles. The normalized spacial score (nSPS) is 11.7. The van der Waals surface area contributed by atoms with E-state index >= 15 is 0 Å². The molecule has 72 valence electrons. The molecule has 0 spiro atoms. The maximum atomic E-state index is 8.92. The highest BCUT2D eigenvalue weighted by molar-refractivity contribution is 4.98. The first kappa shape index (κ1) is 11.6. The molecule has 0 aliphatic heterocycles. The highest BCUT2D eigenvalue weighted by atomic mass is 16.3. The van der Waals surface area contributed by atoms with Crippen LogP contribution in [0.3, 0.4) is 0 Å². The highest BCUT2D eigenvalue weighted by Crippen LogP contribution is 2.02. The summed E-state index contributed by atoms with van der Waals surface area (Å²) < 4.78 is 0. The van der Waals surface area contributed by atoms with Crippen molar-refractivity contribution in [2.75, 3.05) is 19.8 Å². The van der Waals surface area contributed by atoms with Crippen LogP contribution in [0.25, 0.3) is 0 Å². The fourth-order valence-corrected chi connectivity index (χ4v) is 0.625. The van der Waals surface area contributed by atoms with Gasteiger partial charge in [-0.25, -0.2) is 0 Å². The molecule has 0 heterocycles. The van der Waals surface area contributed by atoms with E-state index in [4.69, 9.17) is 10.2 Å². The monoisotopic (exact) mass is 173 g/mol. The summed E-state index contributed by atoms with van der Waals surface area (Å²) in [6.45, 7) is 8.13. The Bertz CT molecular complexity index is 141. The van der Waals surface area contributed by atoms with Crippen molar-refractivity contribution in [2.45, 2.75) is 25.8 Å². The summed E-state index contributed by atoms with van der Waals surface area (Å²) in [4.78, 5) is 0. The summed E-state index contributed by atoms with van der Waals surface area (Å²) in [6, 6.07) is 0. The van der Waals surface area contributed by atoms with Crippen molar-refractivity contribution in [3.8, 4) is 0 Å². The Kier molecular flexibility index (Phi) is 5.13. The lowest BCUT2D eigenvalue weighted by Crippen LogP contribution is -2.49. The Labute approximate surface area is 74.1 Å². The van der Waals surface area contributed by atoms with Gasteiger partial charge in [-0.3, -0.25) is 0 Å². The van der Waals surface area contributed by atoms with Gasteiger partial charge in [-0.1, -0.05) is 19.1 Å². The molecule has 0 saturated carbocycles. The van der Waals surface area contributed by atoms with E-state index in [2.05, 4.69) is 11.9 Å². The molecule has 0 fully saturated rings. The van der Waals surface area contributed by atoms with Crippen LogP contribution >= 0.6 is 0 Å². The minimum atomic E-state index is -0.585. The Morgan fingerprint density at radius 1 is 1.42 bits per heavy atom. The zero-order valence-electron chi connectivity index (χ0n) is 7.93. The van der Waals surface area contributed by atoms with Crippen molar-refractivity contribution in [3.05, 3.63) is 12.2 Å². The van der Waals surface area contributed by atoms with Crippen LogP contribution in [-0.2, 0) is 0 Å². The average molecular weight is 173 g/mol. The van der Waals surface area contributed by atoms with Gasteiger partial charge < -0.3 is 15.5 Å². The fraction of sp³-hybridized carbons (Fsp3) is 0.778. The molecule has 0 radical (unpaired) electrons. The molecule has 0 aromatic heterocycles. The summed E-state index contributed by atoms with van der Waals surface area (Å²) in [6.07, 6.45) is 0.917. The van der Waals surface area contributed by atoms with E-state index < -0.39 is 5.54 Å². The fourth-order valence-electron chi connectivity index (χ4n) is 0.625. The predicted molar refractivity (Wildman–Crippen MR) is 50.0 cm³/mol. The van der Waals surface area contributed by atoms with E-state index in [0.717, 1.165) is 12.0 Å². The Morgan fingerprint density at radius 2 is 1.92 bits per heavy atom. The number of nitrogens with one attached hydrogen (secondary N) is 1. The molecule has 0 aliphatic rings. The summed E-state index contributed by atoms with van der Waals surface area (Å²) in [5.41, 5.74) is 0.487. The molecule has 0 unspecified atom stereocenters. The number of rotatable bonds is 6. The third-order valence-electron chi connectivity index (χ3n) is 1.96. The second kappa shape index (κ2) is 5.30. The summed E-state index contributed by atoms with van der Waals surface area (Å²) >= 11 is 0. The number of aliphatic hydroxyl groups excluding tert-OH is 2. The van der Waals surface area contributed by atoms with Gasteiger partial charge in [0.05, 0.1) is 18.8 Å². The minimum absolute atomic E-state index is 0.0690. The van der Waals surface area contributed by atoms with Crippen LogP contribution in [0, 0.1) is 0 Å². The molecule has 0 saturated heterocycles. The highest BCUT2D eigenvalue weighted by Gasteiger charge is 2.20. The van der Waals surface area contributed by atoms with Crippen molar-refractivity contribution >= 4 is 0 Å². The summed E-state index contributed by atoms with van der Waals surface area (Å²) in [7, 11) is 0. The van der Waals surface area contributed by atoms with Crippen LogP contribution in [0.2, 0.25) is 0 Å². The first-order valence-corrected chi connectivity index (χ1v) is 4.21. The molecule has 12 heavy (non-hydrogen) atoms. The van der Waals surface area contributed by atoms with Crippen LogP contribution in [0.15, 0.2) is 12.2 Å². The molecule has 0 atom stereocenters. The quantitative estimate of drug-likeness (QED) is 0.506. The lowest BCUT2D eigenvalue weighted by molar-refractivity contribution is 0.107. The number of aliphatic hydroxyl groups is 2. The van der Waals surface area contributed by atoms with E-state index in [1.807, 2.05) is 6.92 Å². The molecule has 3 N–H and O–H groups in total. The van der Waals surface area contributed by atoms with Gasteiger partial charge in [-0.15, -0.1) is 0 Å². The molecule has 0 amide bonds. The first-order valence-electron chi connectivity index (χ1n) is 4.21. The minimum Gasteiger partial charge on any atom is -0.394 e. The molecule has 0 aromatic carbocycles. The molecule has 0 bridgehead atoms. The third kappa shape index (κ3) is 3.85. The lowest BCUT2D eigenvalue weighted by Gasteiger charge is -2.26. The average Bonchev–Trinajstić information content (AvgIpc) is 2.13. The van der Waals surface area contributed by atoms with Crippen molar-refractivity contribution in [1.29, 1.82) is 0 Å². The number of hydrogen-bond donors (Lipinski definition) is 3. The SMILES string of the molecule is C=C(CC)CNC(C)(CO)CO. The topological polar surface area (TPSA) is 52.5 Å². The van der Waals surface area contributed by atoms with Crippen LogP contribution in [0.4, 0.5) is 0 Å². The van der Waals surface area contributed by atoms with Crippen molar-refractivity contribution < 1.29 is 10.2 Å². The van der Waals surface area contributed by atoms with Gasteiger partial charge in [0.1, 0.15) is 0 Å². The van der Waals surface area contributed by atoms with E-state index in [9.17, 15) is 0 Å². The standard InChI is InChI=1S/C9H19NO2/c1-4-8(2)5-10-9(3,6-11)7-12/h10-12H,2,4-7H2,1,3H3. The molecule has 3 nitrogen and oxygen atoms in total. The Morgan fingerprint density at radius 3 is 2.25 bits per heavy atom.